The maximum atomic E-state index is 5.83. The van der Waals surface area contributed by atoms with Crippen LogP contribution in [0.25, 0.3) is 0 Å². The number of rotatable bonds is 6. The third-order valence-electron chi connectivity index (χ3n) is 2.33. The fourth-order valence-electron chi connectivity index (χ4n) is 1.45. The zero-order valence-electron chi connectivity index (χ0n) is 9.87. The number of nitrogens with two attached hydrogens (primary N) is 1. The van der Waals surface area contributed by atoms with Crippen LogP contribution in [0, 0.1) is 0 Å². The van der Waals surface area contributed by atoms with Gasteiger partial charge in [-0.25, -0.2) is 0 Å². The van der Waals surface area contributed by atoms with Crippen molar-refractivity contribution in [3.63, 3.8) is 0 Å². The van der Waals surface area contributed by atoms with Gasteiger partial charge in [0.2, 0.25) is 0 Å². The van der Waals surface area contributed by atoms with Gasteiger partial charge in [-0.2, -0.15) is 0 Å². The molecule has 0 aliphatic rings. The smallest absolute Gasteiger partial charge is 0.0593 e. The fourth-order valence-corrected chi connectivity index (χ4v) is 1.69. The zero-order chi connectivity index (χ0) is 12.0. The van der Waals surface area contributed by atoms with E-state index in [-0.39, 0.29) is 0 Å². The lowest BCUT2D eigenvalue weighted by Gasteiger charge is -2.16. The highest BCUT2D eigenvalue weighted by molar-refractivity contribution is 9.10. The van der Waals surface area contributed by atoms with Gasteiger partial charge in [0.05, 0.1) is 6.61 Å². The highest BCUT2D eigenvalue weighted by atomic mass is 79.9. The summed E-state index contributed by atoms with van der Waals surface area (Å²) in [6, 6.07) is 6.07. The molecule has 16 heavy (non-hydrogen) atoms. The second-order valence-corrected chi connectivity index (χ2v) is 4.64. The molecule has 1 aromatic carbocycles. The molecule has 1 aromatic rings. The molecule has 2 N–H and O–H groups in total. The maximum Gasteiger partial charge on any atom is 0.0593 e. The molecule has 90 valence electrons. The molecule has 0 fully saturated rings. The number of hydrogen-bond donors (Lipinski definition) is 1. The molecule has 0 bridgehead atoms. The van der Waals surface area contributed by atoms with Crippen molar-refractivity contribution in [2.24, 2.45) is 0 Å². The molecule has 1 rings (SSSR count). The first-order valence-electron chi connectivity index (χ1n) is 5.43. The molecule has 0 heterocycles. The van der Waals surface area contributed by atoms with Gasteiger partial charge in [0, 0.05) is 29.9 Å². The van der Waals surface area contributed by atoms with Crippen molar-refractivity contribution in [1.82, 2.24) is 4.90 Å². The molecule has 0 amide bonds. The molecule has 0 unspecified atom stereocenters. The van der Waals surface area contributed by atoms with Crippen molar-refractivity contribution in [2.45, 2.75) is 13.5 Å². The first-order chi connectivity index (χ1) is 7.63. The minimum absolute atomic E-state index is 0.777. The molecular formula is C12H19BrN2O. The van der Waals surface area contributed by atoms with Crippen LogP contribution in [-0.4, -0.2) is 31.7 Å². The Morgan fingerprint density at radius 1 is 1.44 bits per heavy atom. The average Bonchev–Trinajstić information content (AvgIpc) is 2.24. The Kier molecular flexibility index (Phi) is 5.80. The van der Waals surface area contributed by atoms with E-state index in [2.05, 4.69) is 33.9 Å². The second kappa shape index (κ2) is 6.89. The number of benzene rings is 1. The lowest BCUT2D eigenvalue weighted by atomic mass is 10.2. The predicted molar refractivity (Wildman–Crippen MR) is 71.4 cm³/mol. The summed E-state index contributed by atoms with van der Waals surface area (Å²) >= 11 is 3.39. The van der Waals surface area contributed by atoms with Gasteiger partial charge in [0.15, 0.2) is 0 Å². The summed E-state index contributed by atoms with van der Waals surface area (Å²) in [7, 11) is 2.08. The van der Waals surface area contributed by atoms with Crippen LogP contribution < -0.4 is 5.73 Å². The van der Waals surface area contributed by atoms with Gasteiger partial charge >= 0.3 is 0 Å². The van der Waals surface area contributed by atoms with E-state index < -0.39 is 0 Å². The molecule has 0 saturated heterocycles. The lowest BCUT2D eigenvalue weighted by molar-refractivity contribution is 0.120. The number of nitrogen functional groups attached to an aromatic ring is 1. The second-order valence-electron chi connectivity index (χ2n) is 3.79. The van der Waals surface area contributed by atoms with E-state index in [1.165, 1.54) is 5.56 Å². The zero-order valence-corrected chi connectivity index (χ0v) is 11.5. The summed E-state index contributed by atoms with van der Waals surface area (Å²) in [6.07, 6.45) is 0. The molecule has 0 aliphatic carbocycles. The van der Waals surface area contributed by atoms with Crippen molar-refractivity contribution < 1.29 is 4.74 Å². The number of anilines is 1. The third kappa shape index (κ3) is 4.51. The molecular weight excluding hydrogens is 268 g/mol. The molecule has 4 heteroatoms. The van der Waals surface area contributed by atoms with Crippen molar-refractivity contribution in [2.75, 3.05) is 32.5 Å². The summed E-state index contributed by atoms with van der Waals surface area (Å²) in [5.41, 5.74) is 7.84. The van der Waals surface area contributed by atoms with Gasteiger partial charge in [0.1, 0.15) is 0 Å². The largest absolute Gasteiger partial charge is 0.398 e. The van der Waals surface area contributed by atoms with E-state index in [0.717, 1.165) is 36.5 Å². The molecule has 0 aliphatic heterocycles. The van der Waals surface area contributed by atoms with Crippen LogP contribution in [0.4, 0.5) is 5.69 Å². The fraction of sp³-hybridized carbons (Fsp3) is 0.500. The van der Waals surface area contributed by atoms with Crippen molar-refractivity contribution >= 4 is 21.6 Å². The van der Waals surface area contributed by atoms with Gasteiger partial charge in [-0.3, -0.25) is 4.90 Å². The quantitative estimate of drug-likeness (QED) is 0.645. The minimum atomic E-state index is 0.777. The van der Waals surface area contributed by atoms with Crippen LogP contribution in [0.2, 0.25) is 0 Å². The summed E-state index contributed by atoms with van der Waals surface area (Å²) in [5.74, 6) is 0. The monoisotopic (exact) mass is 286 g/mol. The van der Waals surface area contributed by atoms with Crippen molar-refractivity contribution in [3.8, 4) is 0 Å². The van der Waals surface area contributed by atoms with Crippen LogP contribution in [0.1, 0.15) is 12.5 Å². The van der Waals surface area contributed by atoms with Crippen LogP contribution in [-0.2, 0) is 11.3 Å². The van der Waals surface area contributed by atoms with Gasteiger partial charge in [0.25, 0.3) is 0 Å². The highest BCUT2D eigenvalue weighted by Gasteiger charge is 2.02. The minimum Gasteiger partial charge on any atom is -0.398 e. The normalized spacial score (nSPS) is 11.0. The summed E-state index contributed by atoms with van der Waals surface area (Å²) in [6.45, 7) is 5.39. The Balaban J connectivity index is 2.43. The maximum absolute atomic E-state index is 5.83. The molecule has 0 saturated carbocycles. The van der Waals surface area contributed by atoms with Gasteiger partial charge in [-0.1, -0.05) is 6.07 Å². The number of hydrogen-bond acceptors (Lipinski definition) is 3. The topological polar surface area (TPSA) is 38.5 Å². The highest BCUT2D eigenvalue weighted by Crippen LogP contribution is 2.20. The van der Waals surface area contributed by atoms with Crippen molar-refractivity contribution in [3.05, 3.63) is 28.2 Å². The Morgan fingerprint density at radius 3 is 2.81 bits per heavy atom. The number of halogens is 1. The third-order valence-corrected chi connectivity index (χ3v) is 3.06. The summed E-state index contributed by atoms with van der Waals surface area (Å²) in [4.78, 5) is 2.22. The number of ether oxygens (including phenoxy) is 1. The molecule has 0 aromatic heterocycles. The standard InChI is InChI=1S/C12H19BrN2O/c1-3-16-7-6-15(2)9-10-4-5-11(13)12(14)8-10/h4-5,8H,3,6-7,9,14H2,1-2H3. The number of nitrogens with zero attached hydrogens (tertiary/aromatic N) is 1. The predicted octanol–water partition coefficient (Wildman–Crippen LogP) is 2.50. The number of likely N-dealkylation sites (N-methyl/N-ethyl adjacent to an activating group) is 1. The van der Waals surface area contributed by atoms with E-state index >= 15 is 0 Å². The van der Waals surface area contributed by atoms with Crippen LogP contribution in [0.5, 0.6) is 0 Å². The first-order valence-corrected chi connectivity index (χ1v) is 6.23. The van der Waals surface area contributed by atoms with Gasteiger partial charge < -0.3 is 10.5 Å². The molecule has 0 radical (unpaired) electrons. The van der Waals surface area contributed by atoms with E-state index in [1.54, 1.807) is 0 Å². The van der Waals surface area contributed by atoms with Crippen LogP contribution >= 0.6 is 15.9 Å². The lowest BCUT2D eigenvalue weighted by Crippen LogP contribution is -2.22. The SMILES string of the molecule is CCOCCN(C)Cc1ccc(Br)c(N)c1. The Morgan fingerprint density at radius 2 is 2.19 bits per heavy atom. The van der Waals surface area contributed by atoms with Crippen molar-refractivity contribution in [1.29, 1.82) is 0 Å². The molecule has 0 atom stereocenters. The van der Waals surface area contributed by atoms with Crippen LogP contribution in [0.15, 0.2) is 22.7 Å². The molecule has 3 nitrogen and oxygen atoms in total. The summed E-state index contributed by atoms with van der Waals surface area (Å²) < 4.78 is 6.26. The Bertz CT molecular complexity index is 331. The summed E-state index contributed by atoms with van der Waals surface area (Å²) in [5, 5.41) is 0. The van der Waals surface area contributed by atoms with E-state index in [0.29, 0.717) is 0 Å². The first kappa shape index (κ1) is 13.5. The van der Waals surface area contributed by atoms with E-state index in [4.69, 9.17) is 10.5 Å². The van der Waals surface area contributed by atoms with Gasteiger partial charge in [-0.05, 0) is 47.6 Å². The van der Waals surface area contributed by atoms with Gasteiger partial charge in [-0.15, -0.1) is 0 Å². The Labute approximate surface area is 106 Å². The average molecular weight is 287 g/mol. The Hall–Kier alpha value is -0.580. The van der Waals surface area contributed by atoms with E-state index in [1.807, 2.05) is 19.1 Å². The van der Waals surface area contributed by atoms with Crippen LogP contribution in [0.3, 0.4) is 0 Å². The molecule has 0 spiro atoms. The van der Waals surface area contributed by atoms with E-state index in [9.17, 15) is 0 Å².